The van der Waals surface area contributed by atoms with E-state index in [2.05, 4.69) is 13.0 Å². The molecule has 0 aliphatic heterocycles. The lowest BCUT2D eigenvalue weighted by molar-refractivity contribution is -0.131. The van der Waals surface area contributed by atoms with Gasteiger partial charge < -0.3 is 4.74 Å². The lowest BCUT2D eigenvalue weighted by Gasteiger charge is -2.55. The van der Waals surface area contributed by atoms with Gasteiger partial charge in [0.05, 0.1) is 5.56 Å². The summed E-state index contributed by atoms with van der Waals surface area (Å²) in [7, 11) is 0. The van der Waals surface area contributed by atoms with Crippen LogP contribution in [0.5, 0.6) is 0 Å². The fourth-order valence-electron chi connectivity index (χ4n) is 6.04. The summed E-state index contributed by atoms with van der Waals surface area (Å²) in [5.74, 6) is 2.25. The zero-order chi connectivity index (χ0) is 16.3. The zero-order valence-corrected chi connectivity index (χ0v) is 14.3. The number of carbonyl (C=O) groups is 1. The van der Waals surface area contributed by atoms with Crippen LogP contribution >= 0.6 is 0 Å². The minimum Gasteiger partial charge on any atom is -0.455 e. The molecule has 4 fully saturated rings. The van der Waals surface area contributed by atoms with Crippen molar-refractivity contribution >= 4 is 16.7 Å². The number of esters is 1. The fourth-order valence-corrected chi connectivity index (χ4v) is 6.04. The van der Waals surface area contributed by atoms with E-state index in [-0.39, 0.29) is 11.6 Å². The minimum atomic E-state index is -0.169. The Bertz CT molecular complexity index is 785. The SMILES string of the molecule is Cc1ccc(C(=O)OC23CC4CC(CC(C4)C2)C3)c2ccccc12. The Kier molecular flexibility index (Phi) is 3.07. The van der Waals surface area contributed by atoms with Crippen LogP contribution in [0.2, 0.25) is 0 Å². The van der Waals surface area contributed by atoms with Gasteiger partial charge in [0, 0.05) is 0 Å². The number of carbonyl (C=O) groups excluding carboxylic acids is 1. The van der Waals surface area contributed by atoms with Crippen LogP contribution in [0, 0.1) is 24.7 Å². The number of hydrogen-bond acceptors (Lipinski definition) is 2. The topological polar surface area (TPSA) is 26.3 Å². The van der Waals surface area contributed by atoms with E-state index >= 15 is 0 Å². The summed E-state index contributed by atoms with van der Waals surface area (Å²) < 4.78 is 6.25. The Morgan fingerprint density at radius 3 is 2.12 bits per heavy atom. The highest BCUT2D eigenvalue weighted by Crippen LogP contribution is 2.57. The quantitative estimate of drug-likeness (QED) is 0.704. The lowest BCUT2D eigenvalue weighted by Crippen LogP contribution is -2.52. The first kappa shape index (κ1) is 14.5. The highest BCUT2D eigenvalue weighted by atomic mass is 16.6. The van der Waals surface area contributed by atoms with E-state index in [9.17, 15) is 4.79 Å². The normalized spacial score (nSPS) is 33.8. The summed E-state index contributed by atoms with van der Waals surface area (Å²) in [5, 5.41) is 2.17. The molecular formula is C22H24O2. The van der Waals surface area contributed by atoms with Crippen molar-refractivity contribution in [1.29, 1.82) is 0 Å². The summed E-state index contributed by atoms with van der Waals surface area (Å²) in [5.41, 5.74) is 1.77. The van der Waals surface area contributed by atoms with Crippen LogP contribution in [0.25, 0.3) is 10.8 Å². The van der Waals surface area contributed by atoms with Gasteiger partial charge in [0.25, 0.3) is 0 Å². The van der Waals surface area contributed by atoms with Crippen molar-refractivity contribution in [3.63, 3.8) is 0 Å². The third-order valence-electron chi connectivity index (χ3n) is 6.65. The molecule has 4 aliphatic carbocycles. The van der Waals surface area contributed by atoms with Gasteiger partial charge in [-0.3, -0.25) is 0 Å². The van der Waals surface area contributed by atoms with Crippen LogP contribution in [-0.4, -0.2) is 11.6 Å². The van der Waals surface area contributed by atoms with Gasteiger partial charge >= 0.3 is 5.97 Å². The molecule has 0 aromatic heterocycles. The summed E-state index contributed by atoms with van der Waals surface area (Å²) in [6.45, 7) is 2.09. The molecule has 2 heteroatoms. The minimum absolute atomic E-state index is 0.117. The van der Waals surface area contributed by atoms with Gasteiger partial charge in [0.15, 0.2) is 0 Å². The second-order valence-corrected chi connectivity index (χ2v) is 8.47. The predicted molar refractivity (Wildman–Crippen MR) is 95.0 cm³/mol. The first-order chi connectivity index (χ1) is 11.6. The molecule has 2 aromatic rings. The standard InChI is InChI=1S/C22H24O2/c1-14-6-7-20(19-5-3-2-4-18(14)19)21(23)24-22-11-15-8-16(12-22)10-17(9-15)13-22/h2-7,15-17H,8-13H2,1H3. The average molecular weight is 320 g/mol. The maximum Gasteiger partial charge on any atom is 0.339 e. The van der Waals surface area contributed by atoms with Crippen molar-refractivity contribution in [2.24, 2.45) is 17.8 Å². The summed E-state index contributed by atoms with van der Waals surface area (Å²) in [6.07, 6.45) is 7.37. The van der Waals surface area contributed by atoms with E-state index in [0.29, 0.717) is 0 Å². The Balaban J connectivity index is 1.49. The highest BCUT2D eigenvalue weighted by Gasteiger charge is 2.53. The van der Waals surface area contributed by atoms with E-state index in [1.54, 1.807) is 0 Å². The molecule has 4 saturated carbocycles. The molecule has 24 heavy (non-hydrogen) atoms. The first-order valence-corrected chi connectivity index (χ1v) is 9.34. The molecule has 2 aromatic carbocycles. The molecule has 0 heterocycles. The Labute approximate surface area is 143 Å². The van der Waals surface area contributed by atoms with Gasteiger partial charge in [-0.1, -0.05) is 30.3 Å². The maximum atomic E-state index is 13.0. The summed E-state index contributed by atoms with van der Waals surface area (Å²) in [4.78, 5) is 13.0. The Morgan fingerprint density at radius 1 is 0.917 bits per heavy atom. The average Bonchev–Trinajstić information content (AvgIpc) is 2.53. The molecule has 0 saturated heterocycles. The number of hydrogen-bond donors (Lipinski definition) is 0. The van der Waals surface area contributed by atoms with E-state index < -0.39 is 0 Å². The number of fused-ring (bicyclic) bond motifs is 1. The molecule has 2 nitrogen and oxygen atoms in total. The highest BCUT2D eigenvalue weighted by molar-refractivity contribution is 6.05. The third kappa shape index (κ3) is 2.19. The van der Waals surface area contributed by atoms with Crippen LogP contribution in [0.3, 0.4) is 0 Å². The van der Waals surface area contributed by atoms with Crippen molar-refractivity contribution < 1.29 is 9.53 Å². The van der Waals surface area contributed by atoms with Crippen LogP contribution in [0.1, 0.15) is 54.4 Å². The largest absolute Gasteiger partial charge is 0.455 e. The second-order valence-electron chi connectivity index (χ2n) is 8.47. The van der Waals surface area contributed by atoms with Crippen molar-refractivity contribution in [3.8, 4) is 0 Å². The zero-order valence-electron chi connectivity index (χ0n) is 14.3. The molecule has 0 radical (unpaired) electrons. The lowest BCUT2D eigenvalue weighted by atomic mass is 9.54. The monoisotopic (exact) mass is 320 g/mol. The Hall–Kier alpha value is -1.83. The summed E-state index contributed by atoms with van der Waals surface area (Å²) >= 11 is 0. The van der Waals surface area contributed by atoms with E-state index in [0.717, 1.165) is 53.4 Å². The van der Waals surface area contributed by atoms with E-state index in [1.165, 1.54) is 24.8 Å². The molecule has 4 bridgehead atoms. The molecule has 0 spiro atoms. The van der Waals surface area contributed by atoms with Gasteiger partial charge in [0.1, 0.15) is 5.60 Å². The van der Waals surface area contributed by atoms with Gasteiger partial charge in [0.2, 0.25) is 0 Å². The Morgan fingerprint density at radius 2 is 1.50 bits per heavy atom. The number of benzene rings is 2. The predicted octanol–water partition coefficient (Wildman–Crippen LogP) is 5.27. The first-order valence-electron chi connectivity index (χ1n) is 9.34. The van der Waals surface area contributed by atoms with Crippen LogP contribution in [0.4, 0.5) is 0 Å². The fraction of sp³-hybridized carbons (Fsp3) is 0.500. The third-order valence-corrected chi connectivity index (χ3v) is 6.65. The summed E-state index contributed by atoms with van der Waals surface area (Å²) in [6, 6.07) is 12.1. The molecule has 0 N–H and O–H groups in total. The van der Waals surface area contributed by atoms with Gasteiger partial charge in [-0.25, -0.2) is 4.79 Å². The van der Waals surface area contributed by atoms with Crippen LogP contribution in [-0.2, 0) is 4.74 Å². The van der Waals surface area contributed by atoms with Crippen molar-refractivity contribution in [3.05, 3.63) is 47.5 Å². The smallest absolute Gasteiger partial charge is 0.339 e. The van der Waals surface area contributed by atoms with Crippen molar-refractivity contribution in [2.45, 2.75) is 51.0 Å². The molecule has 124 valence electrons. The van der Waals surface area contributed by atoms with E-state index in [4.69, 9.17) is 4.74 Å². The van der Waals surface area contributed by atoms with Crippen molar-refractivity contribution in [1.82, 2.24) is 0 Å². The molecule has 4 aliphatic rings. The molecule has 0 unspecified atom stereocenters. The molecular weight excluding hydrogens is 296 g/mol. The number of rotatable bonds is 2. The molecule has 0 amide bonds. The van der Waals surface area contributed by atoms with E-state index in [1.807, 2.05) is 30.3 Å². The van der Waals surface area contributed by atoms with Gasteiger partial charge in [-0.15, -0.1) is 0 Å². The molecule has 6 rings (SSSR count). The second kappa shape index (κ2) is 5.08. The van der Waals surface area contributed by atoms with Crippen molar-refractivity contribution in [2.75, 3.05) is 0 Å². The number of ether oxygens (including phenoxy) is 1. The van der Waals surface area contributed by atoms with Crippen LogP contribution < -0.4 is 0 Å². The number of aryl methyl sites for hydroxylation is 1. The van der Waals surface area contributed by atoms with Crippen LogP contribution in [0.15, 0.2) is 36.4 Å². The van der Waals surface area contributed by atoms with Gasteiger partial charge in [-0.05, 0) is 85.6 Å². The maximum absolute atomic E-state index is 13.0. The molecule has 0 atom stereocenters. The van der Waals surface area contributed by atoms with Gasteiger partial charge in [-0.2, -0.15) is 0 Å².